The number of carbonyl (C=O) groups is 1. The number of rotatable bonds is 5. The molecule has 0 amide bonds. The fourth-order valence-corrected chi connectivity index (χ4v) is 1.83. The van der Waals surface area contributed by atoms with E-state index in [1.807, 2.05) is 13.8 Å². The molecule has 0 spiro atoms. The Hall–Kier alpha value is -0.900. The molecule has 0 unspecified atom stereocenters. The van der Waals surface area contributed by atoms with Gasteiger partial charge in [-0.3, -0.25) is 4.79 Å². The molecule has 0 aromatic heterocycles. The van der Waals surface area contributed by atoms with Gasteiger partial charge in [0.2, 0.25) is 0 Å². The van der Waals surface area contributed by atoms with E-state index in [-0.39, 0.29) is 17.8 Å². The van der Waals surface area contributed by atoms with Crippen molar-refractivity contribution in [3.63, 3.8) is 0 Å². The summed E-state index contributed by atoms with van der Waals surface area (Å²) >= 11 is 1.50. The molecule has 0 saturated heterocycles. The standard InChI is InChI=1S/C12H14F2OS/c1-8(2)16-7-10(15)6-9-4-3-5-11(13)12(9)14/h3-5,8H,6-7H2,1-2H3. The highest BCUT2D eigenvalue weighted by Crippen LogP contribution is 2.14. The van der Waals surface area contributed by atoms with E-state index in [1.54, 1.807) is 0 Å². The van der Waals surface area contributed by atoms with Gasteiger partial charge in [-0.25, -0.2) is 8.78 Å². The number of halogens is 2. The Kier molecular flexibility index (Phi) is 4.93. The molecule has 0 aliphatic rings. The molecule has 0 radical (unpaired) electrons. The number of benzene rings is 1. The summed E-state index contributed by atoms with van der Waals surface area (Å²) in [6.07, 6.45) is -0.0384. The molecule has 16 heavy (non-hydrogen) atoms. The van der Waals surface area contributed by atoms with E-state index in [4.69, 9.17) is 0 Å². The summed E-state index contributed by atoms with van der Waals surface area (Å²) in [5.74, 6) is -1.55. The van der Waals surface area contributed by atoms with Gasteiger partial charge in [-0.15, -0.1) is 0 Å². The molecule has 1 aromatic carbocycles. The normalized spacial score (nSPS) is 10.8. The van der Waals surface area contributed by atoms with E-state index in [2.05, 4.69) is 0 Å². The molecule has 0 atom stereocenters. The SMILES string of the molecule is CC(C)SCC(=O)Cc1cccc(F)c1F. The van der Waals surface area contributed by atoms with Crippen LogP contribution in [0.5, 0.6) is 0 Å². The van der Waals surface area contributed by atoms with Crippen molar-refractivity contribution in [3.05, 3.63) is 35.4 Å². The Bertz CT molecular complexity index is 377. The minimum Gasteiger partial charge on any atom is -0.298 e. The van der Waals surface area contributed by atoms with Crippen molar-refractivity contribution in [2.75, 3.05) is 5.75 Å². The van der Waals surface area contributed by atoms with Crippen LogP contribution in [0.25, 0.3) is 0 Å². The van der Waals surface area contributed by atoms with E-state index >= 15 is 0 Å². The van der Waals surface area contributed by atoms with Gasteiger partial charge in [0.25, 0.3) is 0 Å². The lowest BCUT2D eigenvalue weighted by Gasteiger charge is -2.05. The second kappa shape index (κ2) is 5.99. The van der Waals surface area contributed by atoms with Crippen LogP contribution in [-0.2, 0) is 11.2 Å². The third-order valence-corrected chi connectivity index (χ3v) is 3.15. The first-order valence-electron chi connectivity index (χ1n) is 5.07. The summed E-state index contributed by atoms with van der Waals surface area (Å²) in [6, 6.07) is 3.90. The first-order valence-corrected chi connectivity index (χ1v) is 6.11. The van der Waals surface area contributed by atoms with Crippen LogP contribution in [0, 0.1) is 11.6 Å². The highest BCUT2D eigenvalue weighted by molar-refractivity contribution is 8.00. The van der Waals surface area contributed by atoms with Crippen molar-refractivity contribution < 1.29 is 13.6 Å². The lowest BCUT2D eigenvalue weighted by atomic mass is 10.1. The Morgan fingerprint density at radius 3 is 2.69 bits per heavy atom. The second-order valence-electron chi connectivity index (χ2n) is 3.79. The summed E-state index contributed by atoms with van der Waals surface area (Å²) in [4.78, 5) is 11.5. The zero-order valence-electron chi connectivity index (χ0n) is 9.30. The third-order valence-electron chi connectivity index (χ3n) is 2.00. The van der Waals surface area contributed by atoms with Gasteiger partial charge < -0.3 is 0 Å². The van der Waals surface area contributed by atoms with Gasteiger partial charge in [0.15, 0.2) is 11.6 Å². The predicted molar refractivity (Wildman–Crippen MR) is 62.7 cm³/mol. The molecule has 0 heterocycles. The van der Waals surface area contributed by atoms with Gasteiger partial charge in [0.1, 0.15) is 5.78 Å². The monoisotopic (exact) mass is 244 g/mol. The fourth-order valence-electron chi connectivity index (χ4n) is 1.21. The van der Waals surface area contributed by atoms with Crippen molar-refractivity contribution in [1.29, 1.82) is 0 Å². The smallest absolute Gasteiger partial charge is 0.162 e. The summed E-state index contributed by atoms with van der Waals surface area (Å²) in [5.41, 5.74) is 0.134. The molecule has 0 aliphatic heterocycles. The van der Waals surface area contributed by atoms with E-state index in [1.165, 1.54) is 23.9 Å². The maximum atomic E-state index is 13.2. The molecule has 1 nitrogen and oxygen atoms in total. The van der Waals surface area contributed by atoms with Crippen molar-refractivity contribution >= 4 is 17.5 Å². The van der Waals surface area contributed by atoms with Crippen LogP contribution in [-0.4, -0.2) is 16.8 Å². The van der Waals surface area contributed by atoms with Gasteiger partial charge in [-0.2, -0.15) is 11.8 Å². The molecule has 0 N–H and O–H groups in total. The lowest BCUT2D eigenvalue weighted by molar-refractivity contribution is -0.116. The van der Waals surface area contributed by atoms with E-state index in [0.29, 0.717) is 11.0 Å². The van der Waals surface area contributed by atoms with Gasteiger partial charge in [0, 0.05) is 6.42 Å². The number of Topliss-reactive ketones (excluding diaryl/α,β-unsaturated/α-hetero) is 1. The minimum absolute atomic E-state index is 0.0384. The average Bonchev–Trinajstić information content (AvgIpc) is 2.22. The second-order valence-corrected chi connectivity index (χ2v) is 5.35. The highest BCUT2D eigenvalue weighted by atomic mass is 32.2. The van der Waals surface area contributed by atoms with Crippen molar-refractivity contribution in [2.24, 2.45) is 0 Å². The Morgan fingerprint density at radius 1 is 1.38 bits per heavy atom. The quantitative estimate of drug-likeness (QED) is 0.791. The largest absolute Gasteiger partial charge is 0.298 e. The van der Waals surface area contributed by atoms with E-state index in [0.717, 1.165) is 6.07 Å². The van der Waals surface area contributed by atoms with Crippen LogP contribution in [0.15, 0.2) is 18.2 Å². The molecule has 88 valence electrons. The Balaban J connectivity index is 2.59. The summed E-state index contributed by atoms with van der Waals surface area (Å²) in [5, 5.41) is 0.362. The molecule has 1 rings (SSSR count). The lowest BCUT2D eigenvalue weighted by Crippen LogP contribution is -2.09. The maximum Gasteiger partial charge on any atom is 0.162 e. The summed E-state index contributed by atoms with van der Waals surface area (Å²) < 4.78 is 26.1. The average molecular weight is 244 g/mol. The predicted octanol–water partition coefficient (Wildman–Crippen LogP) is 3.22. The van der Waals surface area contributed by atoms with Gasteiger partial charge in [0.05, 0.1) is 5.75 Å². The summed E-state index contributed by atoms with van der Waals surface area (Å²) in [7, 11) is 0. The molecular weight excluding hydrogens is 230 g/mol. The van der Waals surface area contributed by atoms with Gasteiger partial charge in [-0.1, -0.05) is 26.0 Å². The van der Waals surface area contributed by atoms with E-state index in [9.17, 15) is 13.6 Å². The molecule has 4 heteroatoms. The first kappa shape index (κ1) is 13.2. The van der Waals surface area contributed by atoms with Crippen LogP contribution in [0.1, 0.15) is 19.4 Å². The maximum absolute atomic E-state index is 13.2. The number of hydrogen-bond donors (Lipinski definition) is 0. The Labute approximate surface area is 98.2 Å². The number of thioether (sulfide) groups is 1. The van der Waals surface area contributed by atoms with Crippen molar-refractivity contribution in [2.45, 2.75) is 25.5 Å². The Morgan fingerprint density at radius 2 is 2.06 bits per heavy atom. The van der Waals surface area contributed by atoms with Crippen LogP contribution >= 0.6 is 11.8 Å². The van der Waals surface area contributed by atoms with Crippen LogP contribution < -0.4 is 0 Å². The zero-order valence-corrected chi connectivity index (χ0v) is 10.1. The molecule has 1 aromatic rings. The third kappa shape index (κ3) is 3.93. The molecule has 0 saturated carbocycles. The van der Waals surface area contributed by atoms with Crippen molar-refractivity contribution in [1.82, 2.24) is 0 Å². The van der Waals surface area contributed by atoms with Crippen LogP contribution in [0.2, 0.25) is 0 Å². The highest BCUT2D eigenvalue weighted by Gasteiger charge is 2.11. The number of carbonyl (C=O) groups excluding carboxylic acids is 1. The fraction of sp³-hybridized carbons (Fsp3) is 0.417. The topological polar surface area (TPSA) is 17.1 Å². The van der Waals surface area contributed by atoms with Gasteiger partial charge >= 0.3 is 0 Å². The van der Waals surface area contributed by atoms with Crippen molar-refractivity contribution in [3.8, 4) is 0 Å². The van der Waals surface area contributed by atoms with E-state index < -0.39 is 11.6 Å². The first-order chi connectivity index (χ1) is 7.50. The van der Waals surface area contributed by atoms with Crippen LogP contribution in [0.3, 0.4) is 0 Å². The molecule has 0 aliphatic carbocycles. The van der Waals surface area contributed by atoms with Gasteiger partial charge in [-0.05, 0) is 16.9 Å². The number of hydrogen-bond acceptors (Lipinski definition) is 2. The molecular formula is C12H14F2OS. The number of ketones is 1. The summed E-state index contributed by atoms with van der Waals surface area (Å²) in [6.45, 7) is 3.97. The van der Waals surface area contributed by atoms with Crippen LogP contribution in [0.4, 0.5) is 8.78 Å². The minimum atomic E-state index is -0.912. The molecule has 0 fully saturated rings. The molecule has 0 bridgehead atoms. The zero-order chi connectivity index (χ0) is 12.1.